The first-order valence-electron chi connectivity index (χ1n) is 6.51. The number of rotatable bonds is 6. The average molecular weight is 318 g/mol. The monoisotopic (exact) mass is 318 g/mol. The van der Waals surface area contributed by atoms with Gasteiger partial charge >= 0.3 is 11.7 Å². The van der Waals surface area contributed by atoms with Crippen LogP contribution in [-0.4, -0.2) is 23.1 Å². The minimum atomic E-state index is -0.977. The summed E-state index contributed by atoms with van der Waals surface area (Å²) >= 11 is 0. The van der Waals surface area contributed by atoms with Gasteiger partial charge in [-0.3, -0.25) is 14.9 Å². The number of aliphatic carboxylic acids is 1. The van der Waals surface area contributed by atoms with E-state index in [0.717, 1.165) is 0 Å². The van der Waals surface area contributed by atoms with Crippen molar-refractivity contribution in [2.24, 2.45) is 0 Å². The number of nitrogens with zero attached hydrogens (tertiary/aromatic N) is 1. The summed E-state index contributed by atoms with van der Waals surface area (Å²) in [5.74, 6) is -0.465. The van der Waals surface area contributed by atoms with Gasteiger partial charge in [0.25, 0.3) is 0 Å². The number of nitro benzene ring substituents is 1. The van der Waals surface area contributed by atoms with Gasteiger partial charge in [-0.25, -0.2) is 0 Å². The lowest BCUT2D eigenvalue weighted by Crippen LogP contribution is -2.01. The van der Waals surface area contributed by atoms with Crippen molar-refractivity contribution >= 4 is 17.3 Å². The topological polar surface area (TPSA) is 125 Å². The van der Waals surface area contributed by atoms with Crippen LogP contribution in [-0.2, 0) is 11.2 Å². The molecule has 0 aliphatic rings. The van der Waals surface area contributed by atoms with Gasteiger partial charge in [-0.05, 0) is 29.8 Å². The predicted octanol–water partition coefficient (Wildman–Crippen LogP) is 2.61. The molecular formula is C15H14N2O6. The van der Waals surface area contributed by atoms with Gasteiger partial charge in [0.1, 0.15) is 0 Å². The highest BCUT2D eigenvalue weighted by atomic mass is 16.6. The number of carboxylic acids is 1. The van der Waals surface area contributed by atoms with Crippen molar-refractivity contribution in [2.75, 3.05) is 12.8 Å². The Morgan fingerprint density at radius 3 is 2.52 bits per heavy atom. The van der Waals surface area contributed by atoms with Crippen LogP contribution in [0.3, 0.4) is 0 Å². The number of benzene rings is 2. The van der Waals surface area contributed by atoms with Crippen molar-refractivity contribution in [3.05, 3.63) is 52.1 Å². The highest BCUT2D eigenvalue weighted by Gasteiger charge is 2.18. The fourth-order valence-electron chi connectivity index (χ4n) is 1.96. The van der Waals surface area contributed by atoms with Crippen LogP contribution in [0.4, 0.5) is 11.4 Å². The largest absolute Gasteiger partial charge is 0.493 e. The van der Waals surface area contributed by atoms with Gasteiger partial charge in [-0.15, -0.1) is 0 Å². The number of ether oxygens (including phenoxy) is 2. The smallest absolute Gasteiger partial charge is 0.313 e. The van der Waals surface area contributed by atoms with Gasteiger partial charge in [-0.2, -0.15) is 0 Å². The van der Waals surface area contributed by atoms with Crippen LogP contribution in [0.1, 0.15) is 5.56 Å². The number of hydrogen-bond donors (Lipinski definition) is 2. The molecule has 0 radical (unpaired) electrons. The van der Waals surface area contributed by atoms with E-state index in [2.05, 4.69) is 0 Å². The summed E-state index contributed by atoms with van der Waals surface area (Å²) in [7, 11) is 1.39. The predicted molar refractivity (Wildman–Crippen MR) is 81.9 cm³/mol. The second-order valence-electron chi connectivity index (χ2n) is 4.64. The van der Waals surface area contributed by atoms with E-state index in [0.29, 0.717) is 5.56 Å². The number of carboxylic acid groups (broad SMARTS) is 1. The second-order valence-corrected chi connectivity index (χ2v) is 4.64. The summed E-state index contributed by atoms with van der Waals surface area (Å²) < 4.78 is 10.7. The molecule has 2 aromatic rings. The third-order valence-electron chi connectivity index (χ3n) is 2.98. The molecule has 0 spiro atoms. The number of carbonyl (C=O) groups is 1. The molecule has 0 bridgehead atoms. The lowest BCUT2D eigenvalue weighted by molar-refractivity contribution is -0.385. The van der Waals surface area contributed by atoms with Gasteiger partial charge < -0.3 is 20.3 Å². The standard InChI is InChI=1S/C15H14N2O6/c1-22-14-6-9(7-15(18)19)2-4-13(14)23-12-5-3-10(16)8-11(12)17(20)21/h2-6,8H,7,16H2,1H3,(H,18,19). The summed E-state index contributed by atoms with van der Waals surface area (Å²) in [4.78, 5) is 21.2. The minimum Gasteiger partial charge on any atom is -0.493 e. The van der Waals surface area contributed by atoms with E-state index in [-0.39, 0.29) is 35.0 Å². The lowest BCUT2D eigenvalue weighted by atomic mass is 10.1. The molecule has 0 aliphatic heterocycles. The van der Waals surface area contributed by atoms with Gasteiger partial charge in [0.2, 0.25) is 5.75 Å². The molecule has 3 N–H and O–H groups in total. The number of nitro groups is 1. The molecule has 0 atom stereocenters. The van der Waals surface area contributed by atoms with Gasteiger partial charge in [0.05, 0.1) is 18.5 Å². The number of nitrogens with two attached hydrogens (primary N) is 1. The molecule has 8 heteroatoms. The molecule has 0 aliphatic carbocycles. The Hall–Kier alpha value is -3.29. The summed E-state index contributed by atoms with van der Waals surface area (Å²) in [5, 5.41) is 19.9. The molecule has 2 aromatic carbocycles. The maximum Gasteiger partial charge on any atom is 0.313 e. The molecule has 2 rings (SSSR count). The molecule has 23 heavy (non-hydrogen) atoms. The number of hydrogen-bond acceptors (Lipinski definition) is 6. The summed E-state index contributed by atoms with van der Waals surface area (Å²) in [6.07, 6.45) is -0.168. The molecule has 0 saturated carbocycles. The third-order valence-corrected chi connectivity index (χ3v) is 2.98. The second kappa shape index (κ2) is 6.65. The Kier molecular flexibility index (Phi) is 4.65. The van der Waals surface area contributed by atoms with Crippen molar-refractivity contribution in [1.82, 2.24) is 0 Å². The first-order chi connectivity index (χ1) is 10.9. The zero-order valence-electron chi connectivity index (χ0n) is 12.2. The summed E-state index contributed by atoms with van der Waals surface area (Å²) in [5.41, 5.74) is 6.03. The normalized spacial score (nSPS) is 10.1. The zero-order valence-corrected chi connectivity index (χ0v) is 12.2. The minimum absolute atomic E-state index is 0.00786. The van der Waals surface area contributed by atoms with E-state index >= 15 is 0 Å². The first kappa shape index (κ1) is 16.1. The molecule has 0 amide bonds. The van der Waals surface area contributed by atoms with E-state index in [1.54, 1.807) is 6.07 Å². The number of anilines is 1. The Balaban J connectivity index is 2.37. The van der Waals surface area contributed by atoms with Crippen LogP contribution >= 0.6 is 0 Å². The van der Waals surface area contributed by atoms with Crippen molar-refractivity contribution in [1.29, 1.82) is 0 Å². The van der Waals surface area contributed by atoms with Crippen molar-refractivity contribution in [3.63, 3.8) is 0 Å². The zero-order chi connectivity index (χ0) is 17.0. The van der Waals surface area contributed by atoms with Crippen molar-refractivity contribution < 1.29 is 24.3 Å². The molecule has 0 fully saturated rings. The Bertz CT molecular complexity index is 760. The molecule has 0 heterocycles. The van der Waals surface area contributed by atoms with Crippen molar-refractivity contribution in [2.45, 2.75) is 6.42 Å². The van der Waals surface area contributed by atoms with Crippen LogP contribution in [0.2, 0.25) is 0 Å². The maximum absolute atomic E-state index is 11.1. The quantitative estimate of drug-likeness (QED) is 0.476. The van der Waals surface area contributed by atoms with Crippen LogP contribution < -0.4 is 15.2 Å². The maximum atomic E-state index is 11.1. The van der Waals surface area contributed by atoms with Crippen LogP contribution in [0.25, 0.3) is 0 Å². The third kappa shape index (κ3) is 3.88. The highest BCUT2D eigenvalue weighted by molar-refractivity contribution is 5.70. The summed E-state index contributed by atoms with van der Waals surface area (Å²) in [6.45, 7) is 0. The molecule has 0 saturated heterocycles. The first-order valence-corrected chi connectivity index (χ1v) is 6.51. The molecular weight excluding hydrogens is 304 g/mol. The highest BCUT2D eigenvalue weighted by Crippen LogP contribution is 2.37. The van der Waals surface area contributed by atoms with E-state index in [4.69, 9.17) is 20.3 Å². The average Bonchev–Trinajstić information content (AvgIpc) is 2.49. The SMILES string of the molecule is COc1cc(CC(=O)O)ccc1Oc1ccc(N)cc1[N+](=O)[O-]. The lowest BCUT2D eigenvalue weighted by Gasteiger charge is -2.12. The molecule has 120 valence electrons. The summed E-state index contributed by atoms with van der Waals surface area (Å²) in [6, 6.07) is 8.62. The van der Waals surface area contributed by atoms with Gasteiger partial charge in [-0.1, -0.05) is 6.07 Å². The van der Waals surface area contributed by atoms with E-state index in [9.17, 15) is 14.9 Å². The number of methoxy groups -OCH3 is 1. The fraction of sp³-hybridized carbons (Fsp3) is 0.133. The van der Waals surface area contributed by atoms with Crippen LogP contribution in [0, 0.1) is 10.1 Å². The van der Waals surface area contributed by atoms with E-state index in [1.807, 2.05) is 0 Å². The van der Waals surface area contributed by atoms with Crippen LogP contribution in [0.5, 0.6) is 17.2 Å². The van der Waals surface area contributed by atoms with Gasteiger partial charge in [0, 0.05) is 11.8 Å². The Labute approximate surface area is 131 Å². The van der Waals surface area contributed by atoms with E-state index < -0.39 is 10.9 Å². The Morgan fingerprint density at radius 2 is 1.91 bits per heavy atom. The van der Waals surface area contributed by atoms with Crippen LogP contribution in [0.15, 0.2) is 36.4 Å². The fourth-order valence-corrected chi connectivity index (χ4v) is 1.96. The Morgan fingerprint density at radius 1 is 1.22 bits per heavy atom. The molecule has 8 nitrogen and oxygen atoms in total. The molecule has 0 unspecified atom stereocenters. The molecule has 0 aromatic heterocycles. The van der Waals surface area contributed by atoms with Crippen molar-refractivity contribution in [3.8, 4) is 17.2 Å². The van der Waals surface area contributed by atoms with E-state index in [1.165, 1.54) is 37.4 Å². The number of nitrogen functional groups attached to an aromatic ring is 1. The van der Waals surface area contributed by atoms with Gasteiger partial charge in [0.15, 0.2) is 11.5 Å².